The van der Waals surface area contributed by atoms with Gasteiger partial charge in [-0.05, 0) is 0 Å². The Balaban J connectivity index is 0.000000640. The van der Waals surface area contributed by atoms with Gasteiger partial charge >= 0.3 is 0 Å². The minimum absolute atomic E-state index is 0. The molecule has 0 aliphatic carbocycles. The number of nitrogens with zero attached hydrogens (tertiary/aromatic N) is 1. The number of hydrogen-bond acceptors (Lipinski definition) is 1. The number of rotatable bonds is 1. The maximum atomic E-state index is 3.83. The van der Waals surface area contributed by atoms with E-state index in [1.54, 1.807) is 0 Å². The summed E-state index contributed by atoms with van der Waals surface area (Å²) in [5.41, 5.74) is 1.27. The maximum Gasteiger partial charge on any atom is 0 e. The molecule has 0 aliphatic rings. The topological polar surface area (TPSA) is 12.9 Å². The van der Waals surface area contributed by atoms with E-state index < -0.39 is 0 Å². The van der Waals surface area contributed by atoms with Crippen LogP contribution in [-0.4, -0.2) is 4.98 Å². The van der Waals surface area contributed by atoms with Gasteiger partial charge < -0.3 is 4.98 Å². The molecule has 1 aromatic heterocycles. The zero-order chi connectivity index (χ0) is 5.82. The van der Waals surface area contributed by atoms with E-state index in [4.69, 9.17) is 0 Å². The van der Waals surface area contributed by atoms with Crippen LogP contribution < -0.4 is 0 Å². The van der Waals surface area contributed by atoms with Crippen molar-refractivity contribution in [1.82, 2.24) is 4.98 Å². The monoisotopic (exact) mass is 293 g/mol. The van der Waals surface area contributed by atoms with Gasteiger partial charge in [0.15, 0.2) is 0 Å². The summed E-state index contributed by atoms with van der Waals surface area (Å²) in [6.45, 7) is 2.11. The van der Waals surface area contributed by atoms with Gasteiger partial charge in [0.1, 0.15) is 0 Å². The molecule has 1 nitrogen and oxygen atoms in total. The number of pyridine rings is 1. The summed E-state index contributed by atoms with van der Waals surface area (Å²) in [5, 5.41) is 0. The average Bonchev–Trinajstić information content (AvgIpc) is 1.90. The molecule has 0 aliphatic heterocycles. The molecule has 1 rings (SSSR count). The van der Waals surface area contributed by atoms with E-state index in [0.29, 0.717) is 0 Å². The van der Waals surface area contributed by atoms with Crippen molar-refractivity contribution in [2.75, 3.05) is 0 Å². The molecule has 0 saturated carbocycles. The number of aryl methyl sites for hydroxylation is 1. The summed E-state index contributed by atoms with van der Waals surface area (Å²) >= 11 is 0. The summed E-state index contributed by atoms with van der Waals surface area (Å²) in [5.74, 6) is 0. The fourth-order valence-electron chi connectivity index (χ4n) is 0.560. The van der Waals surface area contributed by atoms with Gasteiger partial charge in [0, 0.05) is 20.4 Å². The molecular formula is C7H8NRe-. The van der Waals surface area contributed by atoms with Gasteiger partial charge in [-0.2, -0.15) is 12.1 Å². The predicted octanol–water partition coefficient (Wildman–Crippen LogP) is 1.44. The van der Waals surface area contributed by atoms with Gasteiger partial charge in [-0.3, -0.25) is 0 Å². The normalized spacial score (nSPS) is 8.11. The Kier molecular flexibility index (Phi) is 4.57. The number of hydrogen-bond donors (Lipinski definition) is 0. The number of aromatic nitrogens is 1. The minimum atomic E-state index is 0. The molecule has 0 saturated heterocycles. The van der Waals surface area contributed by atoms with Crippen LogP contribution in [-0.2, 0) is 26.8 Å². The Hall–Kier alpha value is -0.188. The Labute approximate surface area is 69.2 Å². The van der Waals surface area contributed by atoms with Crippen LogP contribution in [0.3, 0.4) is 0 Å². The Morgan fingerprint density at radius 1 is 1.67 bits per heavy atom. The molecule has 0 N–H and O–H groups in total. The van der Waals surface area contributed by atoms with Crippen LogP contribution in [0.1, 0.15) is 12.5 Å². The van der Waals surface area contributed by atoms with Gasteiger partial charge in [-0.1, -0.05) is 25.7 Å². The fourth-order valence-corrected chi connectivity index (χ4v) is 0.560. The molecule has 1 heterocycles. The quantitative estimate of drug-likeness (QED) is 0.714. The van der Waals surface area contributed by atoms with Crippen molar-refractivity contribution in [1.29, 1.82) is 0 Å². The minimum Gasteiger partial charge on any atom is -0.394 e. The molecule has 2 heteroatoms. The smallest absolute Gasteiger partial charge is 0 e. The van der Waals surface area contributed by atoms with E-state index in [1.807, 2.05) is 18.3 Å². The second kappa shape index (κ2) is 4.67. The molecule has 9 heavy (non-hydrogen) atoms. The molecule has 1 aromatic rings. The van der Waals surface area contributed by atoms with Crippen LogP contribution >= 0.6 is 0 Å². The van der Waals surface area contributed by atoms with Gasteiger partial charge in [-0.15, -0.1) is 5.56 Å². The zero-order valence-corrected chi connectivity index (χ0v) is 7.98. The first-order valence-corrected chi connectivity index (χ1v) is 2.74. The van der Waals surface area contributed by atoms with Crippen molar-refractivity contribution in [3.63, 3.8) is 0 Å². The van der Waals surface area contributed by atoms with Gasteiger partial charge in [0.25, 0.3) is 0 Å². The summed E-state index contributed by atoms with van der Waals surface area (Å²) in [4.78, 5) is 3.83. The summed E-state index contributed by atoms with van der Waals surface area (Å²) in [6.07, 6.45) is 5.61. The Morgan fingerprint density at radius 3 is 2.78 bits per heavy atom. The van der Waals surface area contributed by atoms with E-state index in [9.17, 15) is 0 Å². The molecule has 0 spiro atoms. The molecule has 0 bridgehead atoms. The molecule has 0 atom stereocenters. The first-order valence-electron chi connectivity index (χ1n) is 2.74. The summed E-state index contributed by atoms with van der Waals surface area (Å²) < 4.78 is 0. The first-order chi connectivity index (χ1) is 3.93. The zero-order valence-electron chi connectivity index (χ0n) is 5.26. The molecule has 0 amide bonds. The fraction of sp³-hybridized carbons (Fsp3) is 0.286. The maximum absolute atomic E-state index is 3.83. The first kappa shape index (κ1) is 8.81. The Morgan fingerprint density at radius 2 is 2.44 bits per heavy atom. The van der Waals surface area contributed by atoms with E-state index in [-0.39, 0.29) is 20.4 Å². The molecule has 1 radical (unpaired) electrons. The summed E-state index contributed by atoms with van der Waals surface area (Å²) in [6, 6.07) is 3.85. The molecule has 0 fully saturated rings. The van der Waals surface area contributed by atoms with Gasteiger partial charge in [0.05, 0.1) is 0 Å². The molecule has 0 aromatic carbocycles. The standard InChI is InChI=1S/C7H8N.Re/c1-2-7-4-3-5-8-6-7;/h3-4,6H,2H2,1H3;/q-1;. The average molecular weight is 292 g/mol. The third kappa shape index (κ3) is 2.74. The van der Waals surface area contributed by atoms with Gasteiger partial charge in [0.2, 0.25) is 0 Å². The largest absolute Gasteiger partial charge is 0.394 e. The van der Waals surface area contributed by atoms with Crippen LogP contribution in [0.4, 0.5) is 0 Å². The third-order valence-corrected chi connectivity index (χ3v) is 1.09. The molecule has 49 valence electrons. The summed E-state index contributed by atoms with van der Waals surface area (Å²) in [7, 11) is 0. The van der Waals surface area contributed by atoms with E-state index in [0.717, 1.165) is 6.42 Å². The van der Waals surface area contributed by atoms with Crippen LogP contribution in [0.5, 0.6) is 0 Å². The van der Waals surface area contributed by atoms with Crippen molar-refractivity contribution >= 4 is 0 Å². The van der Waals surface area contributed by atoms with Crippen molar-refractivity contribution < 1.29 is 20.4 Å². The van der Waals surface area contributed by atoms with Crippen molar-refractivity contribution in [3.05, 3.63) is 30.1 Å². The van der Waals surface area contributed by atoms with Crippen molar-refractivity contribution in [2.24, 2.45) is 0 Å². The van der Waals surface area contributed by atoms with E-state index in [1.165, 1.54) is 5.56 Å². The van der Waals surface area contributed by atoms with Crippen molar-refractivity contribution in [3.8, 4) is 0 Å². The van der Waals surface area contributed by atoms with E-state index >= 15 is 0 Å². The van der Waals surface area contributed by atoms with Gasteiger partial charge in [-0.25, -0.2) is 0 Å². The van der Waals surface area contributed by atoms with Crippen LogP contribution in [0.2, 0.25) is 0 Å². The second-order valence-electron chi connectivity index (χ2n) is 1.65. The van der Waals surface area contributed by atoms with E-state index in [2.05, 4.69) is 18.1 Å². The second-order valence-corrected chi connectivity index (χ2v) is 1.65. The molecular weight excluding hydrogens is 284 g/mol. The Bertz CT molecular complexity index is 150. The van der Waals surface area contributed by atoms with Crippen LogP contribution in [0, 0.1) is 6.20 Å². The SMILES string of the molecule is CCc1cc[c-]nc1.[Re]. The molecule has 0 unspecified atom stereocenters. The van der Waals surface area contributed by atoms with Crippen LogP contribution in [0.15, 0.2) is 18.3 Å². The third-order valence-electron chi connectivity index (χ3n) is 1.09. The van der Waals surface area contributed by atoms with Crippen molar-refractivity contribution in [2.45, 2.75) is 13.3 Å². The predicted molar refractivity (Wildman–Crippen MR) is 32.5 cm³/mol. The van der Waals surface area contributed by atoms with Crippen LogP contribution in [0.25, 0.3) is 0 Å².